The van der Waals surface area contributed by atoms with Gasteiger partial charge in [-0.2, -0.15) is 14.0 Å². The number of nitriles is 1. The summed E-state index contributed by atoms with van der Waals surface area (Å²) in [5.41, 5.74) is 1.76. The van der Waals surface area contributed by atoms with Crippen LogP contribution in [0.5, 0.6) is 5.75 Å². The second-order valence-electron chi connectivity index (χ2n) is 6.95. The Bertz CT molecular complexity index is 1130. The molecule has 1 aliphatic rings. The lowest BCUT2D eigenvalue weighted by molar-refractivity contribution is -0.0498. The predicted molar refractivity (Wildman–Crippen MR) is 105 cm³/mol. The zero-order valence-electron chi connectivity index (χ0n) is 16.1. The van der Waals surface area contributed by atoms with Crippen LogP contribution >= 0.6 is 0 Å². The Balaban J connectivity index is 1.50. The van der Waals surface area contributed by atoms with Crippen LogP contribution in [0.15, 0.2) is 41.1 Å². The van der Waals surface area contributed by atoms with E-state index in [9.17, 15) is 13.6 Å². The molecule has 4 rings (SSSR count). The van der Waals surface area contributed by atoms with E-state index in [-0.39, 0.29) is 17.2 Å². The van der Waals surface area contributed by atoms with Gasteiger partial charge in [0, 0.05) is 55.7 Å². The van der Waals surface area contributed by atoms with Gasteiger partial charge in [-0.25, -0.2) is 0 Å². The average molecular weight is 412 g/mol. The predicted octanol–water partition coefficient (Wildman–Crippen LogP) is 3.57. The van der Waals surface area contributed by atoms with Gasteiger partial charge in [0.25, 0.3) is 5.91 Å². The van der Waals surface area contributed by atoms with Gasteiger partial charge in [0.05, 0.1) is 11.6 Å². The summed E-state index contributed by atoms with van der Waals surface area (Å²) in [7, 11) is 0. The van der Waals surface area contributed by atoms with Crippen LogP contribution in [0.1, 0.15) is 21.7 Å². The highest BCUT2D eigenvalue weighted by Crippen LogP contribution is 2.27. The number of furan rings is 1. The minimum atomic E-state index is -2.97. The molecule has 30 heavy (non-hydrogen) atoms. The normalized spacial score (nSPS) is 14.2. The number of nitrogens with zero attached hydrogens (tertiary/aromatic N) is 4. The van der Waals surface area contributed by atoms with Crippen LogP contribution < -0.4 is 9.64 Å². The largest absolute Gasteiger partial charge is 0.460 e. The third-order valence-corrected chi connectivity index (χ3v) is 4.95. The quantitative estimate of drug-likeness (QED) is 0.652. The van der Waals surface area contributed by atoms with Gasteiger partial charge in [-0.3, -0.25) is 9.78 Å². The molecular formula is C21H18F2N4O3. The SMILES string of the molecule is Cc1cc2cncc(C(=O)N3CCN(c4cc(C#N)cc(OC(F)F)c4)CC3)c2o1. The molecular weight excluding hydrogens is 394 g/mol. The van der Waals surface area contributed by atoms with Gasteiger partial charge in [-0.1, -0.05) is 0 Å². The minimum absolute atomic E-state index is 0.0662. The molecule has 0 atom stereocenters. The maximum absolute atomic E-state index is 13.0. The number of fused-ring (bicyclic) bond motifs is 1. The number of aromatic nitrogens is 1. The lowest BCUT2D eigenvalue weighted by atomic mass is 10.1. The summed E-state index contributed by atoms with van der Waals surface area (Å²) in [5, 5.41) is 9.94. The Morgan fingerprint density at radius 3 is 2.67 bits per heavy atom. The zero-order chi connectivity index (χ0) is 21.3. The van der Waals surface area contributed by atoms with Gasteiger partial charge in [0.1, 0.15) is 22.7 Å². The van der Waals surface area contributed by atoms with E-state index in [4.69, 9.17) is 9.68 Å². The highest BCUT2D eigenvalue weighted by atomic mass is 19.3. The number of piperazine rings is 1. The number of halogens is 2. The summed E-state index contributed by atoms with van der Waals surface area (Å²) in [6.07, 6.45) is 3.16. The maximum Gasteiger partial charge on any atom is 0.387 e. The van der Waals surface area contributed by atoms with Crippen molar-refractivity contribution in [1.82, 2.24) is 9.88 Å². The van der Waals surface area contributed by atoms with Crippen LogP contribution in [0.2, 0.25) is 0 Å². The van der Waals surface area contributed by atoms with E-state index < -0.39 is 6.61 Å². The molecule has 0 N–H and O–H groups in total. The van der Waals surface area contributed by atoms with Crippen molar-refractivity contribution in [3.63, 3.8) is 0 Å². The molecule has 0 spiro atoms. The van der Waals surface area contributed by atoms with Gasteiger partial charge in [0.15, 0.2) is 0 Å². The first kappa shape index (κ1) is 19.6. The second-order valence-corrected chi connectivity index (χ2v) is 6.95. The summed E-state index contributed by atoms with van der Waals surface area (Å²) >= 11 is 0. The summed E-state index contributed by atoms with van der Waals surface area (Å²) < 4.78 is 35.3. The molecule has 3 heterocycles. The maximum atomic E-state index is 13.0. The number of pyridine rings is 1. The van der Waals surface area contributed by atoms with E-state index in [0.717, 1.165) is 5.39 Å². The molecule has 0 saturated carbocycles. The molecule has 0 bridgehead atoms. The number of hydrogen-bond acceptors (Lipinski definition) is 6. The van der Waals surface area contributed by atoms with Crippen LogP contribution in [-0.4, -0.2) is 48.6 Å². The van der Waals surface area contributed by atoms with Crippen molar-refractivity contribution in [3.05, 3.63) is 53.5 Å². The van der Waals surface area contributed by atoms with Gasteiger partial charge in [-0.15, -0.1) is 0 Å². The van der Waals surface area contributed by atoms with Crippen LogP contribution in [0.25, 0.3) is 11.0 Å². The zero-order valence-corrected chi connectivity index (χ0v) is 16.1. The average Bonchev–Trinajstić information content (AvgIpc) is 3.12. The standard InChI is InChI=1S/C21H18F2N4O3/c1-13-6-15-11-25-12-18(19(15)29-13)20(28)27-4-2-26(3-5-27)16-7-14(10-24)8-17(9-16)30-21(22)23/h6-9,11-12,21H,2-5H2,1H3. The number of anilines is 1. The summed E-state index contributed by atoms with van der Waals surface area (Å²) in [6.45, 7) is 0.662. The second kappa shape index (κ2) is 7.99. The third kappa shape index (κ3) is 3.89. The fourth-order valence-corrected chi connectivity index (χ4v) is 3.58. The van der Waals surface area contributed by atoms with Crippen LogP contribution in [0.4, 0.5) is 14.5 Å². The van der Waals surface area contributed by atoms with Crippen LogP contribution in [0, 0.1) is 18.3 Å². The first-order valence-corrected chi connectivity index (χ1v) is 9.33. The number of carbonyl (C=O) groups excluding carboxylic acids is 1. The summed E-state index contributed by atoms with van der Waals surface area (Å²) in [6, 6.07) is 8.15. The number of ether oxygens (including phenoxy) is 1. The summed E-state index contributed by atoms with van der Waals surface area (Å²) in [4.78, 5) is 20.8. The first-order chi connectivity index (χ1) is 14.4. The van der Waals surface area contributed by atoms with E-state index in [1.54, 1.807) is 17.2 Å². The van der Waals surface area contributed by atoms with Crippen LogP contribution in [-0.2, 0) is 0 Å². The van der Waals surface area contributed by atoms with E-state index in [1.807, 2.05) is 24.0 Å². The highest BCUT2D eigenvalue weighted by molar-refractivity contribution is 6.04. The molecule has 3 aromatic rings. The molecule has 1 amide bonds. The number of rotatable bonds is 4. The van der Waals surface area contributed by atoms with Crippen molar-refractivity contribution in [3.8, 4) is 11.8 Å². The molecule has 9 heteroatoms. The Labute approximate surface area is 171 Å². The third-order valence-electron chi connectivity index (χ3n) is 4.95. The highest BCUT2D eigenvalue weighted by Gasteiger charge is 2.25. The van der Waals surface area contributed by atoms with Gasteiger partial charge in [0.2, 0.25) is 0 Å². The topological polar surface area (TPSA) is 82.6 Å². The molecule has 0 aliphatic carbocycles. The molecule has 1 saturated heterocycles. The molecule has 2 aromatic heterocycles. The van der Waals surface area contributed by atoms with Gasteiger partial charge < -0.3 is 19.0 Å². The van der Waals surface area contributed by atoms with E-state index in [2.05, 4.69) is 9.72 Å². The molecule has 7 nitrogen and oxygen atoms in total. The fourth-order valence-electron chi connectivity index (χ4n) is 3.58. The number of amides is 1. The van der Waals surface area contributed by atoms with E-state index >= 15 is 0 Å². The van der Waals surface area contributed by atoms with Crippen molar-refractivity contribution < 1.29 is 22.7 Å². The number of benzene rings is 1. The van der Waals surface area contributed by atoms with Crippen molar-refractivity contribution >= 4 is 22.6 Å². The first-order valence-electron chi connectivity index (χ1n) is 9.33. The summed E-state index contributed by atoms with van der Waals surface area (Å²) in [5.74, 6) is 0.467. The minimum Gasteiger partial charge on any atom is -0.460 e. The smallest absolute Gasteiger partial charge is 0.387 e. The van der Waals surface area contributed by atoms with Crippen molar-refractivity contribution in [2.45, 2.75) is 13.5 Å². The van der Waals surface area contributed by atoms with Crippen molar-refractivity contribution in [2.75, 3.05) is 31.1 Å². The Morgan fingerprint density at radius 1 is 1.20 bits per heavy atom. The van der Waals surface area contributed by atoms with Crippen LogP contribution in [0.3, 0.4) is 0 Å². The molecule has 0 unspecified atom stereocenters. The Kier molecular flexibility index (Phi) is 5.23. The Morgan fingerprint density at radius 2 is 1.97 bits per heavy atom. The number of aryl methyl sites for hydroxylation is 1. The molecule has 1 aromatic carbocycles. The molecule has 1 fully saturated rings. The molecule has 0 radical (unpaired) electrons. The van der Waals surface area contributed by atoms with E-state index in [1.165, 1.54) is 18.3 Å². The monoisotopic (exact) mass is 412 g/mol. The number of alkyl halides is 2. The lowest BCUT2D eigenvalue weighted by Gasteiger charge is -2.36. The number of hydrogen-bond donors (Lipinski definition) is 0. The fraction of sp³-hybridized carbons (Fsp3) is 0.286. The lowest BCUT2D eigenvalue weighted by Crippen LogP contribution is -2.48. The molecule has 1 aliphatic heterocycles. The van der Waals surface area contributed by atoms with Gasteiger partial charge >= 0.3 is 6.61 Å². The number of carbonyl (C=O) groups is 1. The van der Waals surface area contributed by atoms with Gasteiger partial charge in [-0.05, 0) is 25.1 Å². The van der Waals surface area contributed by atoms with E-state index in [0.29, 0.717) is 48.8 Å². The molecule has 154 valence electrons. The Hall–Kier alpha value is -3.67. The van der Waals surface area contributed by atoms with Crippen molar-refractivity contribution in [1.29, 1.82) is 5.26 Å². The van der Waals surface area contributed by atoms with Crippen molar-refractivity contribution in [2.24, 2.45) is 0 Å².